The first-order chi connectivity index (χ1) is 15.1. The number of carbonyl (C=O) groups is 2. The fourth-order valence-corrected chi connectivity index (χ4v) is 3.91. The van der Waals surface area contributed by atoms with Crippen LogP contribution in [-0.4, -0.2) is 41.7 Å². The van der Waals surface area contributed by atoms with E-state index >= 15 is 0 Å². The molecule has 1 heterocycles. The van der Waals surface area contributed by atoms with Gasteiger partial charge in [0, 0.05) is 22.7 Å². The molecule has 0 saturated heterocycles. The lowest BCUT2D eigenvalue weighted by molar-refractivity contribution is -0.159. The average molecular weight is 463 g/mol. The maximum absolute atomic E-state index is 12.7. The Balaban J connectivity index is 0.000000837. The van der Waals surface area contributed by atoms with Gasteiger partial charge in [0.1, 0.15) is 5.75 Å². The molecule has 1 aromatic heterocycles. The number of hydrogen-bond donors (Lipinski definition) is 4. The average Bonchev–Trinajstić information content (AvgIpc) is 3.20. The number of ether oxygens (including phenoxy) is 1. The summed E-state index contributed by atoms with van der Waals surface area (Å²) >= 11 is 0. The third kappa shape index (κ3) is 5.86. The highest BCUT2D eigenvalue weighted by Crippen LogP contribution is 2.28. The van der Waals surface area contributed by atoms with E-state index in [9.17, 15) is 18.0 Å². The van der Waals surface area contributed by atoms with Gasteiger partial charge in [-0.25, -0.2) is 18.0 Å². The number of aliphatic carboxylic acids is 2. The van der Waals surface area contributed by atoms with Crippen LogP contribution in [0.5, 0.6) is 5.75 Å². The molecule has 0 radical (unpaired) electrons. The van der Waals surface area contributed by atoms with Crippen molar-refractivity contribution in [1.29, 1.82) is 0 Å². The van der Waals surface area contributed by atoms with Gasteiger partial charge in [0.05, 0.1) is 4.90 Å². The Bertz CT molecular complexity index is 1160. The van der Waals surface area contributed by atoms with Crippen LogP contribution in [0.4, 0.5) is 0 Å². The molecule has 0 amide bonds. The predicted molar refractivity (Wildman–Crippen MR) is 119 cm³/mol. The van der Waals surface area contributed by atoms with Gasteiger partial charge in [0.25, 0.3) is 6.10 Å². The van der Waals surface area contributed by atoms with Gasteiger partial charge in [-0.1, -0.05) is 44.9 Å². The minimum Gasteiger partial charge on any atom is -0.478 e. The molecule has 0 fully saturated rings. The monoisotopic (exact) mass is 462 g/mol. The topological polar surface area (TPSA) is 160 Å². The molecular formula is C22H26N2O7S. The first-order valence-electron chi connectivity index (χ1n) is 9.91. The van der Waals surface area contributed by atoms with Crippen LogP contribution in [0.15, 0.2) is 59.5 Å². The van der Waals surface area contributed by atoms with E-state index in [2.05, 4.69) is 18.8 Å². The zero-order chi connectivity index (χ0) is 23.9. The van der Waals surface area contributed by atoms with Gasteiger partial charge in [-0.05, 0) is 30.3 Å². The van der Waals surface area contributed by atoms with Crippen LogP contribution in [-0.2, 0) is 19.4 Å². The molecular weight excluding hydrogens is 436 g/mol. The molecule has 10 heteroatoms. The maximum atomic E-state index is 12.7. The van der Waals surface area contributed by atoms with Crippen molar-refractivity contribution in [2.24, 2.45) is 5.73 Å². The number of sulfone groups is 1. The molecule has 0 aliphatic carbocycles. The second-order valence-corrected chi connectivity index (χ2v) is 9.00. The molecule has 2 aromatic carbocycles. The number of fused-ring (bicyclic) bond motifs is 1. The summed E-state index contributed by atoms with van der Waals surface area (Å²) in [4.78, 5) is 24.8. The molecule has 0 aliphatic heterocycles. The number of unbranched alkanes of at least 4 members (excludes halogenated alkanes) is 1. The largest absolute Gasteiger partial charge is 0.478 e. The number of aromatic nitrogens is 1. The normalized spacial score (nSPS) is 12.1. The third-order valence-electron chi connectivity index (χ3n) is 4.53. The van der Waals surface area contributed by atoms with E-state index in [0.717, 1.165) is 0 Å². The number of aromatic amines is 1. The van der Waals surface area contributed by atoms with Crippen molar-refractivity contribution in [3.05, 3.63) is 60.3 Å². The first kappa shape index (κ1) is 24.9. The molecule has 1 atom stereocenters. The predicted octanol–water partition coefficient (Wildman–Crippen LogP) is 3.32. The van der Waals surface area contributed by atoms with Crippen LogP contribution in [0.3, 0.4) is 0 Å². The number of nitrogens with two attached hydrogens (primary N) is 1. The van der Waals surface area contributed by atoms with Gasteiger partial charge in [-0.15, -0.1) is 0 Å². The summed E-state index contributed by atoms with van der Waals surface area (Å²) in [5.74, 6) is -3.29. The lowest BCUT2D eigenvalue weighted by atomic mass is 10.2. The summed E-state index contributed by atoms with van der Waals surface area (Å²) in [5.41, 5.74) is 6.60. The number of nitrogens with one attached hydrogen (secondary N) is 1. The zero-order valence-corrected chi connectivity index (χ0v) is 18.5. The Kier molecular flexibility index (Phi) is 8.39. The molecule has 172 valence electrons. The molecule has 3 rings (SSSR count). The van der Waals surface area contributed by atoms with Gasteiger partial charge < -0.3 is 25.7 Å². The van der Waals surface area contributed by atoms with Crippen LogP contribution in [0.2, 0.25) is 0 Å². The Hall–Kier alpha value is -3.37. The molecule has 0 saturated carbocycles. The van der Waals surface area contributed by atoms with Crippen molar-refractivity contribution in [2.45, 2.75) is 43.1 Å². The molecule has 0 aliphatic rings. The standard InChI is InChI=1S/C18H16N2O7S.C4H10/c19-16(28(25,26)12-4-2-1-3-5-12)14-8-10-6-7-11(9-13(10)20-14)27-15(17(21)22)18(23)24;1-3-4-2/h1-9,15-16,20H,19H2,(H,21,22)(H,23,24);3-4H2,1-2H3. The number of rotatable bonds is 8. The molecule has 3 aromatic rings. The zero-order valence-electron chi connectivity index (χ0n) is 17.7. The molecule has 0 spiro atoms. The molecule has 32 heavy (non-hydrogen) atoms. The Morgan fingerprint density at radius 3 is 2.12 bits per heavy atom. The van der Waals surface area contributed by atoms with E-state index in [4.69, 9.17) is 20.7 Å². The summed E-state index contributed by atoms with van der Waals surface area (Å²) in [5, 5.41) is 17.0. The lowest BCUT2D eigenvalue weighted by Gasteiger charge is -2.11. The van der Waals surface area contributed by atoms with Crippen molar-refractivity contribution >= 4 is 32.7 Å². The van der Waals surface area contributed by atoms with Crippen molar-refractivity contribution < 1.29 is 33.0 Å². The summed E-state index contributed by atoms with van der Waals surface area (Å²) in [6, 6.07) is 13.6. The number of H-pyrrole nitrogens is 1. The van der Waals surface area contributed by atoms with Crippen molar-refractivity contribution in [2.75, 3.05) is 0 Å². The van der Waals surface area contributed by atoms with Gasteiger partial charge in [0.2, 0.25) is 0 Å². The number of carboxylic acids is 2. The summed E-state index contributed by atoms with van der Waals surface area (Å²) in [6.45, 7) is 4.36. The highest BCUT2D eigenvalue weighted by molar-refractivity contribution is 7.91. The van der Waals surface area contributed by atoms with Crippen molar-refractivity contribution in [3.63, 3.8) is 0 Å². The highest BCUT2D eigenvalue weighted by Gasteiger charge is 2.29. The fourth-order valence-electron chi connectivity index (χ4n) is 2.62. The van der Waals surface area contributed by atoms with E-state index in [1.54, 1.807) is 24.3 Å². The molecule has 9 nitrogen and oxygen atoms in total. The van der Waals surface area contributed by atoms with Gasteiger partial charge in [-0.3, -0.25) is 0 Å². The quantitative estimate of drug-likeness (QED) is 0.371. The first-order valence-corrected chi connectivity index (χ1v) is 11.5. The molecule has 5 N–H and O–H groups in total. The van der Waals surface area contributed by atoms with Crippen LogP contribution in [0.1, 0.15) is 37.8 Å². The maximum Gasteiger partial charge on any atom is 0.356 e. The molecule has 1 unspecified atom stereocenters. The molecule has 0 bridgehead atoms. The van der Waals surface area contributed by atoms with E-state index in [1.165, 1.54) is 43.2 Å². The van der Waals surface area contributed by atoms with Crippen LogP contribution < -0.4 is 10.5 Å². The minimum absolute atomic E-state index is 0.00446. The lowest BCUT2D eigenvalue weighted by Crippen LogP contribution is -2.35. The fraction of sp³-hybridized carbons (Fsp3) is 0.273. The number of benzene rings is 2. The van der Waals surface area contributed by atoms with Crippen LogP contribution >= 0.6 is 0 Å². The van der Waals surface area contributed by atoms with Crippen molar-refractivity contribution in [1.82, 2.24) is 4.98 Å². The number of hydrogen-bond acceptors (Lipinski definition) is 6. The van der Waals surface area contributed by atoms with Gasteiger partial charge >= 0.3 is 11.9 Å². The second kappa shape index (κ2) is 10.8. The van der Waals surface area contributed by atoms with Crippen LogP contribution in [0.25, 0.3) is 10.9 Å². The Labute approximate surface area is 185 Å². The number of carboxylic acid groups (broad SMARTS) is 2. The van der Waals surface area contributed by atoms with E-state index in [0.29, 0.717) is 10.9 Å². The highest BCUT2D eigenvalue weighted by atomic mass is 32.2. The SMILES string of the molecule is CCCC.NC(c1cc2ccc(OC(C(=O)O)C(=O)O)cc2[nH]1)S(=O)(=O)c1ccccc1. The third-order valence-corrected chi connectivity index (χ3v) is 6.38. The Morgan fingerprint density at radius 1 is 1.00 bits per heavy atom. The second-order valence-electron chi connectivity index (χ2n) is 6.93. The van der Waals surface area contributed by atoms with Crippen LogP contribution in [0, 0.1) is 0 Å². The summed E-state index contributed by atoms with van der Waals surface area (Å²) in [6.07, 6.45) is 0.576. The van der Waals surface area contributed by atoms with E-state index in [1.807, 2.05) is 0 Å². The Morgan fingerprint density at radius 2 is 1.59 bits per heavy atom. The van der Waals surface area contributed by atoms with E-state index < -0.39 is 33.3 Å². The smallest absolute Gasteiger partial charge is 0.356 e. The summed E-state index contributed by atoms with van der Waals surface area (Å²) in [7, 11) is -3.83. The minimum atomic E-state index is -3.83. The van der Waals surface area contributed by atoms with Crippen molar-refractivity contribution in [3.8, 4) is 5.75 Å². The van der Waals surface area contributed by atoms with E-state index in [-0.39, 0.29) is 16.3 Å². The van der Waals surface area contributed by atoms with Gasteiger partial charge in [-0.2, -0.15) is 0 Å². The van der Waals surface area contributed by atoms with Gasteiger partial charge in [0.15, 0.2) is 15.2 Å². The summed E-state index contributed by atoms with van der Waals surface area (Å²) < 4.78 is 30.3.